The molecule has 3 heterocycles. The molecule has 3 aromatic rings. The molecular formula is C28H29ClF2N6O4. The number of methoxy groups -OCH3 is 1. The van der Waals surface area contributed by atoms with E-state index in [1.807, 2.05) is 6.92 Å². The SMILES string of the molecule is COC(=O)Nc1ccc2c(c1)NC(=O)C(C)CCCC(N1CC[C@H](c3c(F)ccc(Cl)c3F)NC1=O)c1nc-2c[nH]1. The van der Waals surface area contributed by atoms with Gasteiger partial charge < -0.3 is 25.3 Å². The minimum absolute atomic E-state index is 0.196. The van der Waals surface area contributed by atoms with Gasteiger partial charge in [0.25, 0.3) is 0 Å². The van der Waals surface area contributed by atoms with Gasteiger partial charge in [-0.1, -0.05) is 24.9 Å². The van der Waals surface area contributed by atoms with E-state index in [4.69, 9.17) is 16.6 Å². The van der Waals surface area contributed by atoms with Gasteiger partial charge in [0.05, 0.1) is 35.6 Å². The standard InChI is InChI=1S/C28H29ClF2N6O4/c1-14-4-3-5-22(37-11-10-19(36-27(37)39)23-18(30)9-8-17(29)24(23)31)25-32-13-21(34-25)16-7-6-15(33-28(40)41-2)12-20(16)35-26(14)38/h6-9,12-14,19,22H,3-5,10-11H2,1-2H3,(H,32,34)(H,33,40)(H,35,38)(H,36,39)/t14?,19-,22?/m1/s1. The molecule has 13 heteroatoms. The van der Waals surface area contributed by atoms with Crippen molar-refractivity contribution in [1.29, 1.82) is 0 Å². The number of urea groups is 1. The fourth-order valence-electron chi connectivity index (χ4n) is 5.26. The van der Waals surface area contributed by atoms with Crippen molar-refractivity contribution in [2.24, 2.45) is 5.92 Å². The maximum absolute atomic E-state index is 14.7. The first-order chi connectivity index (χ1) is 19.7. The van der Waals surface area contributed by atoms with E-state index in [1.54, 1.807) is 29.3 Å². The highest BCUT2D eigenvalue weighted by atomic mass is 35.5. The van der Waals surface area contributed by atoms with Crippen LogP contribution < -0.4 is 16.0 Å². The number of rotatable bonds is 3. The summed E-state index contributed by atoms with van der Waals surface area (Å²) in [6.45, 7) is 2.04. The minimum atomic E-state index is -0.886. The molecule has 1 aromatic heterocycles. The number of aromatic amines is 1. The molecule has 216 valence electrons. The molecule has 0 radical (unpaired) electrons. The van der Waals surface area contributed by atoms with Crippen molar-refractivity contribution in [3.63, 3.8) is 0 Å². The number of benzene rings is 2. The van der Waals surface area contributed by atoms with Crippen LogP contribution in [0.2, 0.25) is 5.02 Å². The zero-order valence-electron chi connectivity index (χ0n) is 22.4. The predicted octanol–water partition coefficient (Wildman–Crippen LogP) is 6.14. The van der Waals surface area contributed by atoms with Gasteiger partial charge in [-0.25, -0.2) is 23.4 Å². The van der Waals surface area contributed by atoms with Crippen LogP contribution in [-0.4, -0.2) is 46.6 Å². The van der Waals surface area contributed by atoms with Crippen molar-refractivity contribution in [2.75, 3.05) is 24.3 Å². The zero-order valence-corrected chi connectivity index (χ0v) is 23.1. The molecule has 4 N–H and O–H groups in total. The second-order valence-corrected chi connectivity index (χ2v) is 10.5. The van der Waals surface area contributed by atoms with Crippen molar-refractivity contribution in [3.8, 4) is 11.3 Å². The Morgan fingerprint density at radius 1 is 1.17 bits per heavy atom. The number of ether oxygens (including phenoxy) is 1. The number of aromatic nitrogens is 2. The Balaban J connectivity index is 1.45. The molecule has 0 aliphatic carbocycles. The molecule has 2 aliphatic heterocycles. The van der Waals surface area contributed by atoms with E-state index in [0.29, 0.717) is 47.7 Å². The molecule has 1 fully saturated rings. The van der Waals surface area contributed by atoms with Crippen molar-refractivity contribution in [3.05, 3.63) is 64.6 Å². The largest absolute Gasteiger partial charge is 0.453 e. The summed E-state index contributed by atoms with van der Waals surface area (Å²) in [6, 6.07) is 5.40. The molecule has 41 heavy (non-hydrogen) atoms. The van der Waals surface area contributed by atoms with Crippen molar-refractivity contribution in [2.45, 2.75) is 44.7 Å². The molecule has 4 amide bonds. The fourth-order valence-corrected chi connectivity index (χ4v) is 5.42. The summed E-state index contributed by atoms with van der Waals surface area (Å²) < 4.78 is 33.8. The summed E-state index contributed by atoms with van der Waals surface area (Å²) >= 11 is 5.87. The molecule has 5 rings (SSSR count). The van der Waals surface area contributed by atoms with Crippen LogP contribution in [0.5, 0.6) is 0 Å². The van der Waals surface area contributed by atoms with Gasteiger partial charge in [-0.2, -0.15) is 0 Å². The molecular weight excluding hydrogens is 558 g/mol. The van der Waals surface area contributed by atoms with Crippen LogP contribution >= 0.6 is 11.6 Å². The summed E-state index contributed by atoms with van der Waals surface area (Å²) in [5, 5.41) is 8.05. The van der Waals surface area contributed by atoms with E-state index in [2.05, 4.69) is 25.7 Å². The number of hydrogen-bond donors (Lipinski definition) is 4. The highest BCUT2D eigenvalue weighted by Crippen LogP contribution is 2.36. The van der Waals surface area contributed by atoms with Crippen LogP contribution in [0.15, 0.2) is 36.5 Å². The Morgan fingerprint density at radius 2 is 1.98 bits per heavy atom. The lowest BCUT2D eigenvalue weighted by Gasteiger charge is -2.38. The summed E-state index contributed by atoms with van der Waals surface area (Å²) in [5.74, 6) is -1.66. The summed E-state index contributed by atoms with van der Waals surface area (Å²) in [6.07, 6.45) is 2.95. The van der Waals surface area contributed by atoms with Gasteiger partial charge in [-0.05, 0) is 49.6 Å². The van der Waals surface area contributed by atoms with Gasteiger partial charge >= 0.3 is 12.1 Å². The third kappa shape index (κ3) is 5.83. The van der Waals surface area contributed by atoms with Crippen LogP contribution in [0.3, 0.4) is 0 Å². The van der Waals surface area contributed by atoms with E-state index in [1.165, 1.54) is 7.11 Å². The number of anilines is 2. The number of fused-ring (bicyclic) bond motifs is 4. The predicted molar refractivity (Wildman–Crippen MR) is 148 cm³/mol. The Bertz CT molecular complexity index is 1500. The van der Waals surface area contributed by atoms with Crippen LogP contribution in [-0.2, 0) is 9.53 Å². The van der Waals surface area contributed by atoms with Crippen molar-refractivity contribution >= 4 is 41.0 Å². The number of nitrogens with zero attached hydrogens (tertiary/aromatic N) is 2. The minimum Gasteiger partial charge on any atom is -0.453 e. The van der Waals surface area contributed by atoms with Gasteiger partial charge in [-0.15, -0.1) is 0 Å². The Hall–Kier alpha value is -4.19. The van der Waals surface area contributed by atoms with Crippen LogP contribution in [0, 0.1) is 17.6 Å². The van der Waals surface area contributed by atoms with Crippen LogP contribution in [0.25, 0.3) is 11.3 Å². The van der Waals surface area contributed by atoms with Crippen molar-refractivity contribution < 1.29 is 27.9 Å². The number of carbonyl (C=O) groups is 3. The monoisotopic (exact) mass is 586 g/mol. The number of imidazole rings is 1. The smallest absolute Gasteiger partial charge is 0.411 e. The molecule has 2 aromatic carbocycles. The maximum atomic E-state index is 14.7. The highest BCUT2D eigenvalue weighted by molar-refractivity contribution is 6.30. The molecule has 0 saturated carbocycles. The van der Waals surface area contributed by atoms with E-state index < -0.39 is 35.8 Å². The second-order valence-electron chi connectivity index (χ2n) is 10.1. The summed E-state index contributed by atoms with van der Waals surface area (Å²) in [4.78, 5) is 47.6. The lowest BCUT2D eigenvalue weighted by atomic mass is 9.96. The maximum Gasteiger partial charge on any atom is 0.411 e. The van der Waals surface area contributed by atoms with Gasteiger partial charge in [0, 0.05) is 35.5 Å². The summed E-state index contributed by atoms with van der Waals surface area (Å²) in [5.41, 5.74) is 1.75. The van der Waals surface area contributed by atoms with Crippen LogP contribution in [0.4, 0.5) is 29.7 Å². The number of halogens is 3. The zero-order chi connectivity index (χ0) is 29.3. The lowest BCUT2D eigenvalue weighted by Crippen LogP contribution is -2.50. The third-order valence-corrected chi connectivity index (χ3v) is 7.77. The van der Waals surface area contributed by atoms with E-state index in [-0.39, 0.29) is 35.4 Å². The Kier molecular flexibility index (Phi) is 8.11. The molecule has 10 nitrogen and oxygen atoms in total. The van der Waals surface area contributed by atoms with Gasteiger partial charge in [0.15, 0.2) is 0 Å². The average molecular weight is 587 g/mol. The first-order valence-electron chi connectivity index (χ1n) is 13.2. The number of carbonyl (C=O) groups excluding carboxylic acids is 3. The first kappa shape index (κ1) is 28.3. The molecule has 3 atom stereocenters. The van der Waals surface area contributed by atoms with E-state index >= 15 is 0 Å². The Labute approximate surface area is 239 Å². The molecule has 2 bridgehead atoms. The molecule has 2 aliphatic rings. The van der Waals surface area contributed by atoms with Crippen molar-refractivity contribution in [1.82, 2.24) is 20.2 Å². The van der Waals surface area contributed by atoms with Gasteiger partial charge in [0.1, 0.15) is 17.5 Å². The number of nitrogens with one attached hydrogen (secondary N) is 4. The quantitative estimate of drug-likeness (QED) is 0.274. The Morgan fingerprint density at radius 3 is 2.73 bits per heavy atom. The normalized spacial score (nSPS) is 21.1. The average Bonchev–Trinajstić information content (AvgIpc) is 3.43. The lowest BCUT2D eigenvalue weighted by molar-refractivity contribution is -0.119. The fraction of sp³-hybridized carbons (Fsp3) is 0.357. The van der Waals surface area contributed by atoms with E-state index in [9.17, 15) is 23.2 Å². The van der Waals surface area contributed by atoms with Crippen LogP contribution in [0.1, 0.15) is 56.1 Å². The molecule has 0 spiro atoms. The number of H-pyrrole nitrogens is 1. The summed E-state index contributed by atoms with van der Waals surface area (Å²) in [7, 11) is 1.25. The highest BCUT2D eigenvalue weighted by Gasteiger charge is 2.36. The van der Waals surface area contributed by atoms with E-state index in [0.717, 1.165) is 12.1 Å². The van der Waals surface area contributed by atoms with Gasteiger partial charge in [-0.3, -0.25) is 10.1 Å². The second kappa shape index (κ2) is 11.7. The third-order valence-electron chi connectivity index (χ3n) is 7.48. The molecule has 1 saturated heterocycles. The number of amides is 4. The topological polar surface area (TPSA) is 128 Å². The first-order valence-corrected chi connectivity index (χ1v) is 13.6. The number of hydrogen-bond acceptors (Lipinski definition) is 5. The van der Waals surface area contributed by atoms with Gasteiger partial charge in [0.2, 0.25) is 5.91 Å². The molecule has 2 unspecified atom stereocenters.